The number of carboxylic acids is 1. The van der Waals surface area contributed by atoms with Crippen molar-refractivity contribution in [3.8, 4) is 0 Å². The molecule has 6 nitrogen and oxygen atoms in total. The smallest absolute Gasteiger partial charge is 0.354 e. The largest absolute Gasteiger partial charge is 0.477 e. The van der Waals surface area contributed by atoms with Crippen molar-refractivity contribution in [1.29, 1.82) is 0 Å². The van der Waals surface area contributed by atoms with Crippen LogP contribution in [0, 0.1) is 12.8 Å². The number of aromatic carboxylic acids is 1. The number of amides is 2. The molecule has 0 aromatic carbocycles. The lowest BCUT2D eigenvalue weighted by Crippen LogP contribution is -2.40. The van der Waals surface area contributed by atoms with E-state index < -0.39 is 5.97 Å². The number of H-pyrrole nitrogens is 1. The third-order valence-corrected chi connectivity index (χ3v) is 4.17. The minimum absolute atomic E-state index is 0.0114. The molecule has 0 saturated heterocycles. The van der Waals surface area contributed by atoms with E-state index in [2.05, 4.69) is 22.5 Å². The van der Waals surface area contributed by atoms with Crippen molar-refractivity contribution in [1.82, 2.24) is 10.3 Å². The summed E-state index contributed by atoms with van der Waals surface area (Å²) in [5, 5.41) is 14.6. The zero-order chi connectivity index (χ0) is 15.4. The maximum absolute atomic E-state index is 12.0. The number of aromatic nitrogens is 1. The zero-order valence-corrected chi connectivity index (χ0v) is 12.5. The predicted molar refractivity (Wildman–Crippen MR) is 80.7 cm³/mol. The number of hydrogen-bond donors (Lipinski definition) is 4. The van der Waals surface area contributed by atoms with Crippen LogP contribution in [0.5, 0.6) is 0 Å². The van der Waals surface area contributed by atoms with Crippen LogP contribution in [0.3, 0.4) is 0 Å². The van der Waals surface area contributed by atoms with E-state index in [1.807, 2.05) is 0 Å². The molecule has 1 saturated carbocycles. The van der Waals surface area contributed by atoms with E-state index in [0.717, 1.165) is 31.6 Å². The molecular formula is C15H23N3O3. The predicted octanol–water partition coefficient (Wildman–Crippen LogP) is 3.11. The number of carbonyl (C=O) groups excluding carboxylic acids is 1. The summed E-state index contributed by atoms with van der Waals surface area (Å²) < 4.78 is 0. The summed E-state index contributed by atoms with van der Waals surface area (Å²) in [5.74, 6) is -0.307. The second kappa shape index (κ2) is 6.65. The van der Waals surface area contributed by atoms with Gasteiger partial charge in [0.05, 0.1) is 5.69 Å². The fourth-order valence-electron chi connectivity index (χ4n) is 2.92. The van der Waals surface area contributed by atoms with Crippen molar-refractivity contribution in [2.75, 3.05) is 5.32 Å². The van der Waals surface area contributed by atoms with Gasteiger partial charge in [-0.1, -0.05) is 13.3 Å². The Hall–Kier alpha value is -1.98. The molecule has 0 spiro atoms. The average molecular weight is 293 g/mol. The number of urea groups is 1. The number of hydrogen-bond acceptors (Lipinski definition) is 2. The van der Waals surface area contributed by atoms with Crippen molar-refractivity contribution in [3.63, 3.8) is 0 Å². The molecule has 0 bridgehead atoms. The highest BCUT2D eigenvalue weighted by molar-refractivity contribution is 5.99. The Bertz CT molecular complexity index is 516. The molecule has 0 unspecified atom stereocenters. The van der Waals surface area contributed by atoms with Crippen LogP contribution in [0.2, 0.25) is 0 Å². The molecule has 1 aliphatic carbocycles. The fraction of sp³-hybridized carbons (Fsp3) is 0.600. The van der Waals surface area contributed by atoms with Gasteiger partial charge in [-0.15, -0.1) is 0 Å². The van der Waals surface area contributed by atoms with Crippen molar-refractivity contribution < 1.29 is 14.7 Å². The number of carboxylic acid groups (broad SMARTS) is 1. The van der Waals surface area contributed by atoms with Gasteiger partial charge in [0.15, 0.2) is 0 Å². The van der Waals surface area contributed by atoms with Gasteiger partial charge in [-0.05, 0) is 44.6 Å². The molecule has 1 aromatic rings. The third kappa shape index (κ3) is 4.00. The molecule has 6 heteroatoms. The summed E-state index contributed by atoms with van der Waals surface area (Å²) in [6.07, 6.45) is 5.47. The maximum Gasteiger partial charge on any atom is 0.354 e. The van der Waals surface area contributed by atoms with Crippen LogP contribution in [0.1, 0.15) is 55.2 Å². The molecule has 0 aliphatic heterocycles. The molecule has 1 aromatic heterocycles. The number of nitrogens with one attached hydrogen (secondary N) is 3. The summed E-state index contributed by atoms with van der Waals surface area (Å²) in [5.41, 5.74) is 1.02. The molecule has 1 aliphatic rings. The second-order valence-electron chi connectivity index (χ2n) is 5.77. The second-order valence-corrected chi connectivity index (χ2v) is 5.77. The van der Waals surface area contributed by atoms with Crippen molar-refractivity contribution in [2.45, 2.75) is 52.0 Å². The minimum atomic E-state index is -1.08. The molecule has 4 N–H and O–H groups in total. The van der Waals surface area contributed by atoms with Gasteiger partial charge >= 0.3 is 12.0 Å². The Morgan fingerprint density at radius 2 is 2.00 bits per heavy atom. The number of aromatic amines is 1. The zero-order valence-electron chi connectivity index (χ0n) is 12.5. The lowest BCUT2D eigenvalue weighted by Gasteiger charge is -2.28. The fourth-order valence-corrected chi connectivity index (χ4v) is 2.92. The topological polar surface area (TPSA) is 94.2 Å². The van der Waals surface area contributed by atoms with E-state index in [1.165, 1.54) is 6.42 Å². The van der Waals surface area contributed by atoms with Crippen LogP contribution in [-0.2, 0) is 0 Å². The number of anilines is 1. The van der Waals surface area contributed by atoms with Crippen LogP contribution in [0.4, 0.5) is 10.5 Å². The normalized spacial score (nSPS) is 21.8. The van der Waals surface area contributed by atoms with E-state index in [-0.39, 0.29) is 17.8 Å². The van der Waals surface area contributed by atoms with Gasteiger partial charge in [0, 0.05) is 11.7 Å². The molecule has 0 atom stereocenters. The highest BCUT2D eigenvalue weighted by Gasteiger charge is 2.22. The van der Waals surface area contributed by atoms with Crippen molar-refractivity contribution >= 4 is 17.7 Å². The number of rotatable bonds is 4. The SMILES string of the molecule is CCC1CCC(NC(=O)Nc2cc(C)[nH]c2C(=O)O)CC1. The minimum Gasteiger partial charge on any atom is -0.477 e. The van der Waals surface area contributed by atoms with Crippen LogP contribution in [0.25, 0.3) is 0 Å². The van der Waals surface area contributed by atoms with Gasteiger partial charge in [0.2, 0.25) is 0 Å². The molecule has 2 amide bonds. The Kier molecular flexibility index (Phi) is 4.88. The van der Waals surface area contributed by atoms with E-state index in [4.69, 9.17) is 5.11 Å². The lowest BCUT2D eigenvalue weighted by molar-refractivity contribution is 0.0692. The van der Waals surface area contributed by atoms with Crippen molar-refractivity contribution in [3.05, 3.63) is 17.5 Å². The monoisotopic (exact) mass is 293 g/mol. The first-order valence-electron chi connectivity index (χ1n) is 7.50. The highest BCUT2D eigenvalue weighted by Crippen LogP contribution is 2.26. The van der Waals surface area contributed by atoms with Gasteiger partial charge in [0.1, 0.15) is 5.69 Å². The third-order valence-electron chi connectivity index (χ3n) is 4.17. The number of aryl methyl sites for hydroxylation is 1. The van der Waals surface area contributed by atoms with Crippen LogP contribution < -0.4 is 10.6 Å². The van der Waals surface area contributed by atoms with E-state index in [0.29, 0.717) is 11.4 Å². The maximum atomic E-state index is 12.0. The Labute approximate surface area is 124 Å². The molecular weight excluding hydrogens is 270 g/mol. The molecule has 1 heterocycles. The number of carbonyl (C=O) groups is 2. The van der Waals surface area contributed by atoms with E-state index in [1.54, 1.807) is 13.0 Å². The van der Waals surface area contributed by atoms with Gasteiger partial charge in [-0.2, -0.15) is 0 Å². The van der Waals surface area contributed by atoms with Crippen molar-refractivity contribution in [2.24, 2.45) is 5.92 Å². The Balaban J connectivity index is 1.89. The summed E-state index contributed by atoms with van der Waals surface area (Å²) in [4.78, 5) is 25.8. The molecule has 1 fully saturated rings. The quantitative estimate of drug-likeness (QED) is 0.687. The van der Waals surface area contributed by atoms with Crippen LogP contribution in [0.15, 0.2) is 6.07 Å². The summed E-state index contributed by atoms with van der Waals surface area (Å²) in [6, 6.07) is 1.47. The molecule has 2 rings (SSSR count). The van der Waals surface area contributed by atoms with Gasteiger partial charge in [-0.3, -0.25) is 0 Å². The van der Waals surface area contributed by atoms with Gasteiger partial charge in [0.25, 0.3) is 0 Å². The van der Waals surface area contributed by atoms with Crippen LogP contribution >= 0.6 is 0 Å². The van der Waals surface area contributed by atoms with Gasteiger partial charge in [-0.25, -0.2) is 9.59 Å². The Morgan fingerprint density at radius 3 is 2.57 bits per heavy atom. The molecule has 0 radical (unpaired) electrons. The average Bonchev–Trinajstić information content (AvgIpc) is 2.80. The first-order valence-corrected chi connectivity index (χ1v) is 7.50. The molecule has 116 valence electrons. The Morgan fingerprint density at radius 1 is 1.33 bits per heavy atom. The van der Waals surface area contributed by atoms with E-state index in [9.17, 15) is 9.59 Å². The molecule has 21 heavy (non-hydrogen) atoms. The highest BCUT2D eigenvalue weighted by atomic mass is 16.4. The summed E-state index contributed by atoms with van der Waals surface area (Å²) in [6.45, 7) is 3.95. The summed E-state index contributed by atoms with van der Waals surface area (Å²) in [7, 11) is 0. The van der Waals surface area contributed by atoms with Gasteiger partial charge < -0.3 is 20.7 Å². The first kappa shape index (κ1) is 15.4. The van der Waals surface area contributed by atoms with Crippen LogP contribution in [-0.4, -0.2) is 28.1 Å². The standard InChI is InChI=1S/C15H23N3O3/c1-3-10-4-6-11(7-5-10)17-15(21)18-12-8-9(2)16-13(12)14(19)20/h8,10-11,16H,3-7H2,1-2H3,(H,19,20)(H2,17,18,21). The first-order chi connectivity index (χ1) is 9.99. The summed E-state index contributed by atoms with van der Waals surface area (Å²) >= 11 is 0. The van der Waals surface area contributed by atoms with E-state index >= 15 is 0 Å². The lowest BCUT2D eigenvalue weighted by atomic mass is 9.85.